The molecule has 0 spiro atoms. The molecule has 1 amide bonds. The molecule has 1 aromatic rings. The maximum Gasteiger partial charge on any atom is 0.243 e. The molecule has 0 bridgehead atoms. The van der Waals surface area contributed by atoms with E-state index in [1.54, 1.807) is 0 Å². The first kappa shape index (κ1) is 11.9. The number of primary amides is 1. The summed E-state index contributed by atoms with van der Waals surface area (Å²) in [6.07, 6.45) is 1.43. The molecule has 92 valence electrons. The number of hydrogen-bond acceptors (Lipinski definition) is 3. The van der Waals surface area contributed by atoms with Gasteiger partial charge in [0.05, 0.1) is 6.10 Å². The number of carbonyl (C=O) groups is 1. The van der Waals surface area contributed by atoms with Gasteiger partial charge in [0.1, 0.15) is 5.54 Å². The van der Waals surface area contributed by atoms with Crippen LogP contribution in [-0.4, -0.2) is 24.2 Å². The smallest absolute Gasteiger partial charge is 0.243 e. The van der Waals surface area contributed by atoms with E-state index in [9.17, 15) is 4.79 Å². The summed E-state index contributed by atoms with van der Waals surface area (Å²) < 4.78 is 5.47. The van der Waals surface area contributed by atoms with Crippen molar-refractivity contribution >= 4 is 11.6 Å². The molecule has 1 aromatic carbocycles. The fourth-order valence-corrected chi connectivity index (χ4v) is 2.23. The first-order valence-corrected chi connectivity index (χ1v) is 5.91. The van der Waals surface area contributed by atoms with Crippen LogP contribution in [-0.2, 0) is 9.53 Å². The largest absolute Gasteiger partial charge is 0.378 e. The van der Waals surface area contributed by atoms with Crippen molar-refractivity contribution in [2.45, 2.75) is 31.4 Å². The average Bonchev–Trinajstić information content (AvgIpc) is 2.27. The van der Waals surface area contributed by atoms with Crippen LogP contribution in [0.25, 0.3) is 0 Å². The zero-order valence-electron chi connectivity index (χ0n) is 9.98. The maximum atomic E-state index is 11.6. The van der Waals surface area contributed by atoms with E-state index in [-0.39, 0.29) is 12.0 Å². The highest BCUT2D eigenvalue weighted by Crippen LogP contribution is 2.37. The second kappa shape index (κ2) is 4.75. The van der Waals surface area contributed by atoms with Crippen molar-refractivity contribution < 1.29 is 9.53 Å². The van der Waals surface area contributed by atoms with Crippen molar-refractivity contribution in [3.63, 3.8) is 0 Å². The third kappa shape index (κ3) is 2.42. The van der Waals surface area contributed by atoms with Gasteiger partial charge in [-0.3, -0.25) is 4.79 Å². The lowest BCUT2D eigenvalue weighted by Gasteiger charge is -2.45. The number of carbonyl (C=O) groups excluding carboxylic acids is 1. The molecule has 0 radical (unpaired) electrons. The molecule has 3 N–H and O–H groups in total. The van der Waals surface area contributed by atoms with E-state index in [4.69, 9.17) is 10.5 Å². The van der Waals surface area contributed by atoms with Gasteiger partial charge in [-0.1, -0.05) is 18.2 Å². The minimum absolute atomic E-state index is 0.142. The van der Waals surface area contributed by atoms with Gasteiger partial charge >= 0.3 is 0 Å². The van der Waals surface area contributed by atoms with E-state index in [1.807, 2.05) is 37.3 Å². The van der Waals surface area contributed by atoms with Crippen LogP contribution in [0, 0.1) is 0 Å². The molecule has 4 heteroatoms. The zero-order valence-corrected chi connectivity index (χ0v) is 9.98. The molecular weight excluding hydrogens is 216 g/mol. The lowest BCUT2D eigenvalue weighted by atomic mass is 9.73. The van der Waals surface area contributed by atoms with Gasteiger partial charge in [0.2, 0.25) is 5.91 Å². The Kier molecular flexibility index (Phi) is 3.33. The fourth-order valence-electron chi connectivity index (χ4n) is 2.23. The van der Waals surface area contributed by atoms with E-state index in [2.05, 4.69) is 5.32 Å². The van der Waals surface area contributed by atoms with Crippen molar-refractivity contribution in [3.05, 3.63) is 30.3 Å². The predicted octanol–water partition coefficient (Wildman–Crippen LogP) is 1.52. The number of amides is 1. The topological polar surface area (TPSA) is 64.3 Å². The molecule has 0 heterocycles. The highest BCUT2D eigenvalue weighted by Gasteiger charge is 2.49. The standard InChI is InChI=1S/C13H18N2O2/c1-2-17-11-8-13(9-11,12(14)16)15-10-6-4-3-5-7-10/h3-7,11,15H,2,8-9H2,1H3,(H2,14,16). The fraction of sp³-hybridized carbons (Fsp3) is 0.462. The third-order valence-corrected chi connectivity index (χ3v) is 3.18. The molecule has 4 nitrogen and oxygen atoms in total. The van der Waals surface area contributed by atoms with Crippen LogP contribution in [0.1, 0.15) is 19.8 Å². The molecule has 2 rings (SSSR count). The molecular formula is C13H18N2O2. The average molecular weight is 234 g/mol. The van der Waals surface area contributed by atoms with E-state index in [1.165, 1.54) is 0 Å². The van der Waals surface area contributed by atoms with Crippen LogP contribution in [0.2, 0.25) is 0 Å². The van der Waals surface area contributed by atoms with Gasteiger partial charge in [0, 0.05) is 25.1 Å². The van der Waals surface area contributed by atoms with Gasteiger partial charge in [0.15, 0.2) is 0 Å². The molecule has 17 heavy (non-hydrogen) atoms. The third-order valence-electron chi connectivity index (χ3n) is 3.18. The van der Waals surface area contributed by atoms with Gasteiger partial charge in [-0.05, 0) is 19.1 Å². The van der Waals surface area contributed by atoms with Crippen LogP contribution >= 0.6 is 0 Å². The molecule has 1 aliphatic carbocycles. The number of para-hydroxylation sites is 1. The van der Waals surface area contributed by atoms with Gasteiger partial charge in [-0.25, -0.2) is 0 Å². The molecule has 1 saturated carbocycles. The van der Waals surface area contributed by atoms with Crippen molar-refractivity contribution in [2.75, 3.05) is 11.9 Å². The molecule has 0 saturated heterocycles. The molecule has 0 unspecified atom stereocenters. The summed E-state index contributed by atoms with van der Waals surface area (Å²) in [7, 11) is 0. The lowest BCUT2D eigenvalue weighted by Crippen LogP contribution is -2.61. The monoisotopic (exact) mass is 234 g/mol. The highest BCUT2D eigenvalue weighted by atomic mass is 16.5. The first-order chi connectivity index (χ1) is 8.16. The minimum Gasteiger partial charge on any atom is -0.378 e. The van der Waals surface area contributed by atoms with E-state index >= 15 is 0 Å². The number of rotatable bonds is 5. The van der Waals surface area contributed by atoms with Gasteiger partial charge in [-0.2, -0.15) is 0 Å². The molecule has 0 atom stereocenters. The Balaban J connectivity index is 2.03. The van der Waals surface area contributed by atoms with E-state index < -0.39 is 5.54 Å². The van der Waals surface area contributed by atoms with Crippen LogP contribution in [0.4, 0.5) is 5.69 Å². The number of benzene rings is 1. The Morgan fingerprint density at radius 2 is 2.12 bits per heavy atom. The van der Waals surface area contributed by atoms with Crippen LogP contribution < -0.4 is 11.1 Å². The first-order valence-electron chi connectivity index (χ1n) is 5.91. The number of nitrogens with one attached hydrogen (secondary N) is 1. The van der Waals surface area contributed by atoms with Crippen molar-refractivity contribution in [1.82, 2.24) is 0 Å². The van der Waals surface area contributed by atoms with Crippen molar-refractivity contribution in [1.29, 1.82) is 0 Å². The van der Waals surface area contributed by atoms with Crippen LogP contribution in [0.15, 0.2) is 30.3 Å². The van der Waals surface area contributed by atoms with E-state index in [0.717, 1.165) is 5.69 Å². The SMILES string of the molecule is CCOC1CC(Nc2ccccc2)(C(N)=O)C1. The zero-order chi connectivity index (χ0) is 12.3. The van der Waals surface area contributed by atoms with Gasteiger partial charge in [-0.15, -0.1) is 0 Å². The van der Waals surface area contributed by atoms with Crippen LogP contribution in [0.3, 0.4) is 0 Å². The Bertz CT molecular complexity index is 386. The number of nitrogens with two attached hydrogens (primary N) is 1. The molecule has 1 aliphatic rings. The Morgan fingerprint density at radius 1 is 1.47 bits per heavy atom. The summed E-state index contributed by atoms with van der Waals surface area (Å²) >= 11 is 0. The second-order valence-electron chi connectivity index (χ2n) is 4.42. The van der Waals surface area contributed by atoms with Crippen LogP contribution in [0.5, 0.6) is 0 Å². The van der Waals surface area contributed by atoms with Crippen molar-refractivity contribution in [3.8, 4) is 0 Å². The highest BCUT2D eigenvalue weighted by molar-refractivity contribution is 5.89. The molecule has 1 fully saturated rings. The normalized spacial score (nSPS) is 27.2. The maximum absolute atomic E-state index is 11.6. The summed E-state index contributed by atoms with van der Waals surface area (Å²) in [6, 6.07) is 9.65. The van der Waals surface area contributed by atoms with Gasteiger partial charge < -0.3 is 15.8 Å². The second-order valence-corrected chi connectivity index (χ2v) is 4.42. The number of hydrogen-bond donors (Lipinski definition) is 2. The Morgan fingerprint density at radius 3 is 2.65 bits per heavy atom. The summed E-state index contributed by atoms with van der Waals surface area (Å²) in [5.41, 5.74) is 5.76. The minimum atomic E-state index is -0.638. The summed E-state index contributed by atoms with van der Waals surface area (Å²) in [5.74, 6) is -0.308. The quantitative estimate of drug-likeness (QED) is 0.812. The Hall–Kier alpha value is -1.55. The molecule has 0 aromatic heterocycles. The predicted molar refractivity (Wildman–Crippen MR) is 66.6 cm³/mol. The molecule has 0 aliphatic heterocycles. The van der Waals surface area contributed by atoms with Gasteiger partial charge in [0.25, 0.3) is 0 Å². The summed E-state index contributed by atoms with van der Waals surface area (Å²) in [5, 5.41) is 3.23. The van der Waals surface area contributed by atoms with Crippen molar-refractivity contribution in [2.24, 2.45) is 5.73 Å². The number of anilines is 1. The van der Waals surface area contributed by atoms with E-state index in [0.29, 0.717) is 19.4 Å². The number of ether oxygens (including phenoxy) is 1. The lowest BCUT2D eigenvalue weighted by molar-refractivity contribution is -0.131. The summed E-state index contributed by atoms with van der Waals surface area (Å²) in [4.78, 5) is 11.6. The summed E-state index contributed by atoms with van der Waals surface area (Å²) in [6.45, 7) is 2.62. The Labute approximate surface area is 101 Å².